The minimum atomic E-state index is -1.05. The molecule has 0 aliphatic carbocycles. The van der Waals surface area contributed by atoms with Gasteiger partial charge in [0.25, 0.3) is 0 Å². The molecule has 0 saturated heterocycles. The minimum absolute atomic E-state index is 0.0528. The highest BCUT2D eigenvalue weighted by Gasteiger charge is 2.25. The summed E-state index contributed by atoms with van der Waals surface area (Å²) in [7, 11) is 0. The van der Waals surface area contributed by atoms with Gasteiger partial charge in [0, 0.05) is 13.0 Å². The number of nitrogens with one attached hydrogen (secondary N) is 1. The first-order valence-corrected chi connectivity index (χ1v) is 8.80. The molecule has 0 spiro atoms. The maximum Gasteiger partial charge on any atom is 0.407 e. The first-order valence-electron chi connectivity index (χ1n) is 8.80. The predicted molar refractivity (Wildman–Crippen MR) is 89.5 cm³/mol. The molecular weight excluding hydrogens is 314 g/mol. The zero-order chi connectivity index (χ0) is 18.2. The van der Waals surface area contributed by atoms with Crippen LogP contribution in [0.2, 0.25) is 0 Å². The van der Waals surface area contributed by atoms with Gasteiger partial charge in [0.2, 0.25) is 0 Å². The normalized spacial score (nSPS) is 11.6. The van der Waals surface area contributed by atoms with Gasteiger partial charge in [-0.3, -0.25) is 4.79 Å². The lowest BCUT2D eigenvalue weighted by molar-refractivity contribution is -0.162. The summed E-state index contributed by atoms with van der Waals surface area (Å²) in [6.07, 6.45) is 4.37. The summed E-state index contributed by atoms with van der Waals surface area (Å²) in [6, 6.07) is -1.05. The van der Waals surface area contributed by atoms with Crippen LogP contribution in [0.4, 0.5) is 4.79 Å². The summed E-state index contributed by atoms with van der Waals surface area (Å²) >= 11 is 0. The van der Waals surface area contributed by atoms with Crippen LogP contribution in [0.15, 0.2) is 0 Å². The van der Waals surface area contributed by atoms with Gasteiger partial charge >= 0.3 is 18.0 Å². The van der Waals surface area contributed by atoms with Gasteiger partial charge < -0.3 is 19.5 Å². The Hall–Kier alpha value is -1.63. The van der Waals surface area contributed by atoms with Crippen molar-refractivity contribution in [3.63, 3.8) is 0 Å². The zero-order valence-electron chi connectivity index (χ0n) is 15.1. The Morgan fingerprint density at radius 2 is 1.54 bits per heavy atom. The molecule has 0 aliphatic heterocycles. The van der Waals surface area contributed by atoms with Gasteiger partial charge in [-0.25, -0.2) is 9.59 Å². The van der Waals surface area contributed by atoms with Crippen molar-refractivity contribution in [2.24, 2.45) is 0 Å². The number of esters is 2. The average Bonchev–Trinajstić information content (AvgIpc) is 2.55. The van der Waals surface area contributed by atoms with E-state index in [1.165, 1.54) is 0 Å². The van der Waals surface area contributed by atoms with Crippen molar-refractivity contribution >= 4 is 18.0 Å². The van der Waals surface area contributed by atoms with Gasteiger partial charge in [-0.2, -0.15) is 0 Å². The molecule has 0 bridgehead atoms. The maximum atomic E-state index is 12.1. The molecule has 0 saturated carbocycles. The quantitative estimate of drug-likeness (QED) is 0.313. The smallest absolute Gasteiger partial charge is 0.407 e. The summed E-state index contributed by atoms with van der Waals surface area (Å²) in [5.41, 5.74) is 0. The van der Waals surface area contributed by atoms with Crippen molar-refractivity contribution in [1.29, 1.82) is 0 Å². The van der Waals surface area contributed by atoms with Gasteiger partial charge in [0.05, 0.1) is 13.2 Å². The van der Waals surface area contributed by atoms with Crippen LogP contribution in [-0.2, 0) is 23.8 Å². The summed E-state index contributed by atoms with van der Waals surface area (Å²) in [5, 5.41) is 2.40. The highest BCUT2D eigenvalue weighted by molar-refractivity contribution is 5.90. The van der Waals surface area contributed by atoms with Crippen molar-refractivity contribution in [2.75, 3.05) is 19.8 Å². The highest BCUT2D eigenvalue weighted by Crippen LogP contribution is 2.01. The molecule has 0 aliphatic rings. The Bertz CT molecular complexity index is 372. The van der Waals surface area contributed by atoms with Crippen LogP contribution in [0.25, 0.3) is 0 Å². The number of carbonyl (C=O) groups excluding carboxylic acids is 3. The van der Waals surface area contributed by atoms with Crippen molar-refractivity contribution < 1.29 is 28.6 Å². The van der Waals surface area contributed by atoms with Crippen molar-refractivity contribution in [1.82, 2.24) is 5.32 Å². The van der Waals surface area contributed by atoms with Crippen LogP contribution in [0.5, 0.6) is 0 Å². The lowest BCUT2D eigenvalue weighted by Crippen LogP contribution is -2.46. The molecule has 0 aromatic rings. The molecule has 7 heteroatoms. The first kappa shape index (κ1) is 22.4. The zero-order valence-corrected chi connectivity index (χ0v) is 15.1. The van der Waals surface area contributed by atoms with E-state index in [2.05, 4.69) is 5.32 Å². The number of amides is 1. The second kappa shape index (κ2) is 14.9. The maximum absolute atomic E-state index is 12.1. The molecule has 24 heavy (non-hydrogen) atoms. The van der Waals surface area contributed by atoms with E-state index in [-0.39, 0.29) is 19.6 Å². The lowest BCUT2D eigenvalue weighted by Gasteiger charge is -2.17. The van der Waals surface area contributed by atoms with Crippen molar-refractivity contribution in [3.05, 3.63) is 0 Å². The lowest BCUT2D eigenvalue weighted by atomic mass is 10.2. The molecule has 0 aromatic heterocycles. The molecule has 1 amide bonds. The monoisotopic (exact) mass is 345 g/mol. The minimum Gasteiger partial charge on any atom is -0.450 e. The van der Waals surface area contributed by atoms with Crippen LogP contribution in [-0.4, -0.2) is 43.9 Å². The van der Waals surface area contributed by atoms with Crippen molar-refractivity contribution in [2.45, 2.75) is 71.8 Å². The van der Waals surface area contributed by atoms with E-state index in [4.69, 9.17) is 14.2 Å². The summed E-state index contributed by atoms with van der Waals surface area (Å²) < 4.78 is 15.1. The number of rotatable bonds is 13. The Kier molecular flexibility index (Phi) is 13.9. The predicted octanol–water partition coefficient (Wildman–Crippen LogP) is 2.96. The fourth-order valence-corrected chi connectivity index (χ4v) is 1.66. The Labute approximate surface area is 144 Å². The van der Waals surface area contributed by atoms with E-state index in [1.54, 1.807) is 0 Å². The topological polar surface area (TPSA) is 90.9 Å². The SMILES string of the molecule is CCCCOC[C@H](NC(=O)OCCCC)C(=O)OC(=O)CCCC. The average molecular weight is 345 g/mol. The molecule has 1 N–H and O–H groups in total. The largest absolute Gasteiger partial charge is 0.450 e. The molecule has 140 valence electrons. The fraction of sp³-hybridized carbons (Fsp3) is 0.824. The number of hydrogen-bond donors (Lipinski definition) is 1. The Morgan fingerprint density at radius 3 is 2.17 bits per heavy atom. The molecule has 0 aromatic carbocycles. The van der Waals surface area contributed by atoms with E-state index in [1.807, 2.05) is 20.8 Å². The molecular formula is C17H31NO6. The molecule has 0 unspecified atom stereocenters. The standard InChI is InChI=1S/C17H31NO6/c1-4-7-10-15(19)24-16(20)14(13-22-11-8-5-2)18-17(21)23-12-9-6-3/h14H,4-13H2,1-3H3,(H,18,21)/t14-/m0/s1. The molecule has 0 heterocycles. The second-order valence-electron chi connectivity index (χ2n) is 5.51. The summed E-state index contributed by atoms with van der Waals surface area (Å²) in [6.45, 7) is 6.62. The third-order valence-electron chi connectivity index (χ3n) is 3.18. The van der Waals surface area contributed by atoms with Crippen LogP contribution in [0, 0.1) is 0 Å². The van der Waals surface area contributed by atoms with Gasteiger partial charge in [-0.15, -0.1) is 0 Å². The van der Waals surface area contributed by atoms with Gasteiger partial charge in [-0.1, -0.05) is 40.0 Å². The third kappa shape index (κ3) is 11.9. The van der Waals surface area contributed by atoms with Crippen LogP contribution in [0.1, 0.15) is 65.7 Å². The Balaban J connectivity index is 4.45. The summed E-state index contributed by atoms with van der Waals surface area (Å²) in [5.74, 6) is -1.42. The number of ether oxygens (including phenoxy) is 3. The van der Waals surface area contributed by atoms with Crippen LogP contribution < -0.4 is 5.32 Å². The number of hydrogen-bond acceptors (Lipinski definition) is 6. The van der Waals surface area contributed by atoms with E-state index < -0.39 is 24.1 Å². The third-order valence-corrected chi connectivity index (χ3v) is 3.18. The molecule has 7 nitrogen and oxygen atoms in total. The first-order chi connectivity index (χ1) is 11.5. The Morgan fingerprint density at radius 1 is 0.917 bits per heavy atom. The number of unbranched alkanes of at least 4 members (excludes halogenated alkanes) is 3. The number of carbonyl (C=O) groups is 3. The number of alkyl carbamates (subject to hydrolysis) is 1. The van der Waals surface area contributed by atoms with Gasteiger partial charge in [-0.05, 0) is 19.3 Å². The fourth-order valence-electron chi connectivity index (χ4n) is 1.66. The summed E-state index contributed by atoms with van der Waals surface area (Å²) in [4.78, 5) is 35.3. The van der Waals surface area contributed by atoms with Crippen LogP contribution >= 0.6 is 0 Å². The highest BCUT2D eigenvalue weighted by atomic mass is 16.6. The van der Waals surface area contributed by atoms with E-state index in [0.29, 0.717) is 13.0 Å². The van der Waals surface area contributed by atoms with E-state index in [0.717, 1.165) is 32.1 Å². The second-order valence-corrected chi connectivity index (χ2v) is 5.51. The van der Waals surface area contributed by atoms with Crippen molar-refractivity contribution in [3.8, 4) is 0 Å². The van der Waals surface area contributed by atoms with E-state index in [9.17, 15) is 14.4 Å². The molecule has 0 radical (unpaired) electrons. The van der Waals surface area contributed by atoms with Crippen LogP contribution in [0.3, 0.4) is 0 Å². The molecule has 0 rings (SSSR count). The van der Waals surface area contributed by atoms with Gasteiger partial charge in [0.15, 0.2) is 6.04 Å². The molecule has 1 atom stereocenters. The van der Waals surface area contributed by atoms with E-state index >= 15 is 0 Å². The molecule has 0 fully saturated rings. The van der Waals surface area contributed by atoms with Gasteiger partial charge in [0.1, 0.15) is 0 Å².